The summed E-state index contributed by atoms with van der Waals surface area (Å²) in [6.07, 6.45) is 2.23. The quantitative estimate of drug-likeness (QED) is 0.662. The SMILES string of the molecule is COC(=O)c1ccc(CSc2nnc(C3CCNCC3)n2C)cc1. The van der Waals surface area contributed by atoms with Crippen molar-refractivity contribution in [2.75, 3.05) is 20.2 Å². The molecule has 0 atom stereocenters. The number of aromatic nitrogens is 3. The van der Waals surface area contributed by atoms with E-state index in [1.807, 2.05) is 19.2 Å². The van der Waals surface area contributed by atoms with E-state index >= 15 is 0 Å². The summed E-state index contributed by atoms with van der Waals surface area (Å²) in [7, 11) is 3.43. The minimum atomic E-state index is -0.311. The van der Waals surface area contributed by atoms with E-state index in [0.717, 1.165) is 48.2 Å². The fourth-order valence-corrected chi connectivity index (χ4v) is 3.76. The van der Waals surface area contributed by atoms with E-state index in [-0.39, 0.29) is 5.97 Å². The fourth-order valence-electron chi connectivity index (χ4n) is 2.89. The number of esters is 1. The van der Waals surface area contributed by atoms with Crippen LogP contribution in [0.4, 0.5) is 0 Å². The molecule has 0 amide bonds. The Morgan fingerprint density at radius 1 is 1.29 bits per heavy atom. The Balaban J connectivity index is 1.62. The molecule has 1 fully saturated rings. The van der Waals surface area contributed by atoms with Crippen molar-refractivity contribution >= 4 is 17.7 Å². The summed E-state index contributed by atoms with van der Waals surface area (Å²) in [6.45, 7) is 2.10. The molecule has 1 saturated heterocycles. The molecule has 0 radical (unpaired) electrons. The number of benzene rings is 1. The molecular weight excluding hydrogens is 324 g/mol. The second-order valence-electron chi connectivity index (χ2n) is 5.90. The molecule has 2 heterocycles. The highest BCUT2D eigenvalue weighted by atomic mass is 32.2. The number of methoxy groups -OCH3 is 1. The third-order valence-electron chi connectivity index (χ3n) is 4.32. The van der Waals surface area contributed by atoms with Crippen molar-refractivity contribution in [3.8, 4) is 0 Å². The van der Waals surface area contributed by atoms with Gasteiger partial charge in [-0.15, -0.1) is 10.2 Å². The Bertz CT molecular complexity index is 693. The maximum absolute atomic E-state index is 11.4. The van der Waals surface area contributed by atoms with Crippen molar-refractivity contribution in [1.29, 1.82) is 0 Å². The summed E-state index contributed by atoms with van der Waals surface area (Å²) >= 11 is 1.66. The van der Waals surface area contributed by atoms with Gasteiger partial charge in [0, 0.05) is 18.7 Å². The van der Waals surface area contributed by atoms with E-state index in [1.54, 1.807) is 23.9 Å². The first kappa shape index (κ1) is 17.0. The topological polar surface area (TPSA) is 69.0 Å². The van der Waals surface area contributed by atoms with Gasteiger partial charge in [0.15, 0.2) is 5.16 Å². The zero-order chi connectivity index (χ0) is 16.9. The van der Waals surface area contributed by atoms with E-state index in [4.69, 9.17) is 4.74 Å². The van der Waals surface area contributed by atoms with Crippen LogP contribution in [0, 0.1) is 0 Å². The van der Waals surface area contributed by atoms with Gasteiger partial charge in [-0.2, -0.15) is 0 Å². The lowest BCUT2D eigenvalue weighted by Gasteiger charge is -2.21. The second-order valence-corrected chi connectivity index (χ2v) is 6.84. The van der Waals surface area contributed by atoms with Crippen LogP contribution in [0.25, 0.3) is 0 Å². The zero-order valence-corrected chi connectivity index (χ0v) is 14.8. The lowest BCUT2D eigenvalue weighted by molar-refractivity contribution is 0.0600. The molecule has 24 heavy (non-hydrogen) atoms. The van der Waals surface area contributed by atoms with Crippen LogP contribution in [0.3, 0.4) is 0 Å². The molecule has 1 aromatic carbocycles. The van der Waals surface area contributed by atoms with Gasteiger partial charge < -0.3 is 14.6 Å². The Labute approximate surface area is 146 Å². The molecule has 6 nitrogen and oxygen atoms in total. The molecule has 1 aromatic heterocycles. The number of nitrogens with zero attached hydrogens (tertiary/aromatic N) is 3. The largest absolute Gasteiger partial charge is 0.465 e. The second kappa shape index (κ2) is 7.81. The minimum Gasteiger partial charge on any atom is -0.465 e. The van der Waals surface area contributed by atoms with Gasteiger partial charge in [0.05, 0.1) is 12.7 Å². The van der Waals surface area contributed by atoms with E-state index in [0.29, 0.717) is 11.5 Å². The van der Waals surface area contributed by atoms with Gasteiger partial charge in [0.1, 0.15) is 5.82 Å². The minimum absolute atomic E-state index is 0.311. The van der Waals surface area contributed by atoms with Crippen molar-refractivity contribution in [3.63, 3.8) is 0 Å². The van der Waals surface area contributed by atoms with Crippen LogP contribution in [-0.2, 0) is 17.5 Å². The maximum Gasteiger partial charge on any atom is 0.337 e. The average Bonchev–Trinajstić information content (AvgIpc) is 3.01. The van der Waals surface area contributed by atoms with E-state index in [2.05, 4.69) is 20.1 Å². The molecule has 0 aliphatic carbocycles. The Morgan fingerprint density at radius 3 is 2.67 bits per heavy atom. The van der Waals surface area contributed by atoms with Crippen LogP contribution in [-0.4, -0.2) is 40.9 Å². The zero-order valence-electron chi connectivity index (χ0n) is 14.0. The Hall–Kier alpha value is -1.86. The molecule has 0 saturated carbocycles. The standard InChI is InChI=1S/C17H22N4O2S/c1-21-15(13-7-9-18-10-8-13)19-20-17(21)24-11-12-3-5-14(6-4-12)16(22)23-2/h3-6,13,18H,7-11H2,1-2H3. The van der Waals surface area contributed by atoms with Crippen LogP contribution in [0.2, 0.25) is 0 Å². The molecule has 1 N–H and O–H groups in total. The lowest BCUT2D eigenvalue weighted by Crippen LogP contribution is -2.27. The summed E-state index contributed by atoms with van der Waals surface area (Å²) in [5, 5.41) is 13.1. The molecule has 3 rings (SSSR count). The number of hydrogen-bond acceptors (Lipinski definition) is 6. The highest BCUT2D eigenvalue weighted by Gasteiger charge is 2.21. The van der Waals surface area contributed by atoms with E-state index in [1.165, 1.54) is 7.11 Å². The molecular formula is C17H22N4O2S. The van der Waals surface area contributed by atoms with Gasteiger partial charge in [-0.25, -0.2) is 4.79 Å². The predicted octanol–water partition coefficient (Wildman–Crippen LogP) is 2.36. The number of nitrogens with one attached hydrogen (secondary N) is 1. The summed E-state index contributed by atoms with van der Waals surface area (Å²) < 4.78 is 6.83. The highest BCUT2D eigenvalue weighted by molar-refractivity contribution is 7.98. The summed E-state index contributed by atoms with van der Waals surface area (Å²) in [6, 6.07) is 7.48. The first-order chi connectivity index (χ1) is 11.7. The molecule has 2 aromatic rings. The Morgan fingerprint density at radius 2 is 2.00 bits per heavy atom. The molecule has 1 aliphatic rings. The van der Waals surface area contributed by atoms with E-state index in [9.17, 15) is 4.79 Å². The first-order valence-corrected chi connectivity index (χ1v) is 9.07. The lowest BCUT2D eigenvalue weighted by atomic mass is 9.97. The summed E-state index contributed by atoms with van der Waals surface area (Å²) in [5.41, 5.74) is 1.71. The number of carbonyl (C=O) groups excluding carboxylic acids is 1. The van der Waals surface area contributed by atoms with Crippen molar-refractivity contribution in [1.82, 2.24) is 20.1 Å². The maximum atomic E-state index is 11.4. The fraction of sp³-hybridized carbons (Fsp3) is 0.471. The number of rotatable bonds is 5. The third kappa shape index (κ3) is 3.79. The summed E-state index contributed by atoms with van der Waals surface area (Å²) in [4.78, 5) is 11.4. The van der Waals surface area contributed by atoms with Gasteiger partial charge in [0.2, 0.25) is 0 Å². The van der Waals surface area contributed by atoms with Crippen LogP contribution in [0.15, 0.2) is 29.4 Å². The molecule has 0 unspecified atom stereocenters. The van der Waals surface area contributed by atoms with Crippen molar-refractivity contribution in [2.45, 2.75) is 29.7 Å². The molecule has 0 spiro atoms. The van der Waals surface area contributed by atoms with Crippen molar-refractivity contribution in [3.05, 3.63) is 41.2 Å². The van der Waals surface area contributed by atoms with Gasteiger partial charge in [-0.05, 0) is 43.6 Å². The smallest absolute Gasteiger partial charge is 0.337 e. The van der Waals surface area contributed by atoms with Crippen LogP contribution in [0.1, 0.15) is 40.5 Å². The average molecular weight is 346 g/mol. The first-order valence-electron chi connectivity index (χ1n) is 8.09. The number of piperidine rings is 1. The summed E-state index contributed by atoms with van der Waals surface area (Å²) in [5.74, 6) is 2.06. The number of hydrogen-bond donors (Lipinski definition) is 1. The van der Waals surface area contributed by atoms with Crippen LogP contribution in [0.5, 0.6) is 0 Å². The molecule has 128 valence electrons. The van der Waals surface area contributed by atoms with Gasteiger partial charge in [0.25, 0.3) is 0 Å². The third-order valence-corrected chi connectivity index (χ3v) is 5.41. The monoisotopic (exact) mass is 346 g/mol. The van der Waals surface area contributed by atoms with E-state index < -0.39 is 0 Å². The normalized spacial score (nSPS) is 15.4. The van der Waals surface area contributed by atoms with Gasteiger partial charge in [-0.3, -0.25) is 0 Å². The number of carbonyl (C=O) groups is 1. The predicted molar refractivity (Wildman–Crippen MR) is 93.2 cm³/mol. The van der Waals surface area contributed by atoms with Crippen LogP contribution >= 0.6 is 11.8 Å². The van der Waals surface area contributed by atoms with Gasteiger partial charge >= 0.3 is 5.97 Å². The highest BCUT2D eigenvalue weighted by Crippen LogP contribution is 2.27. The number of thioether (sulfide) groups is 1. The van der Waals surface area contributed by atoms with Crippen molar-refractivity contribution in [2.24, 2.45) is 7.05 Å². The molecule has 1 aliphatic heterocycles. The molecule has 0 bridgehead atoms. The number of ether oxygens (including phenoxy) is 1. The van der Waals surface area contributed by atoms with Crippen molar-refractivity contribution < 1.29 is 9.53 Å². The van der Waals surface area contributed by atoms with Gasteiger partial charge in [-0.1, -0.05) is 23.9 Å². The molecule has 7 heteroatoms. The van der Waals surface area contributed by atoms with Crippen LogP contribution < -0.4 is 5.32 Å². The Kier molecular flexibility index (Phi) is 5.52.